The first-order chi connectivity index (χ1) is 12.0. The second kappa shape index (κ2) is 7.40. The monoisotopic (exact) mass is 401 g/mol. The molecule has 0 aliphatic carbocycles. The number of rotatable bonds is 4. The lowest BCUT2D eigenvalue weighted by Crippen LogP contribution is -2.26. The molecule has 0 saturated heterocycles. The molecule has 126 valence electrons. The molecule has 1 aromatic heterocycles. The van der Waals surface area contributed by atoms with Gasteiger partial charge in [-0.15, -0.1) is 0 Å². The fourth-order valence-corrected chi connectivity index (χ4v) is 2.55. The number of hydrogen-bond acceptors (Lipinski definition) is 3. The van der Waals surface area contributed by atoms with E-state index in [1.54, 1.807) is 6.07 Å². The molecule has 0 aliphatic rings. The predicted molar refractivity (Wildman–Crippen MR) is 96.1 cm³/mol. The van der Waals surface area contributed by atoms with E-state index in [0.29, 0.717) is 4.47 Å². The summed E-state index contributed by atoms with van der Waals surface area (Å²) in [4.78, 5) is 24.3. The summed E-state index contributed by atoms with van der Waals surface area (Å²) in [6, 6.07) is 16.2. The maximum Gasteiger partial charge on any atom is 0.276 e. The molecule has 7 heteroatoms. The molecule has 0 fully saturated rings. The van der Waals surface area contributed by atoms with E-state index in [1.165, 1.54) is 28.9 Å². The minimum atomic E-state index is -0.594. The molecular weight excluding hydrogens is 389 g/mol. The minimum Gasteiger partial charge on any atom is -0.318 e. The summed E-state index contributed by atoms with van der Waals surface area (Å²) < 4.78 is 15.6. The van der Waals surface area contributed by atoms with Gasteiger partial charge >= 0.3 is 0 Å². The van der Waals surface area contributed by atoms with Gasteiger partial charge < -0.3 is 5.32 Å². The Morgan fingerprint density at radius 3 is 2.60 bits per heavy atom. The Balaban J connectivity index is 1.83. The summed E-state index contributed by atoms with van der Waals surface area (Å²) in [7, 11) is 0. The number of hydrogen-bond donors (Lipinski definition) is 1. The molecule has 1 amide bonds. The Labute approximate surface area is 151 Å². The number of anilines is 1. The first kappa shape index (κ1) is 17.0. The molecule has 1 heterocycles. The van der Waals surface area contributed by atoms with Crippen LogP contribution in [-0.2, 0) is 6.54 Å². The van der Waals surface area contributed by atoms with Crippen LogP contribution in [0.15, 0.2) is 69.9 Å². The van der Waals surface area contributed by atoms with Crippen LogP contribution in [0.5, 0.6) is 0 Å². The molecule has 5 nitrogen and oxygen atoms in total. The van der Waals surface area contributed by atoms with Crippen LogP contribution >= 0.6 is 15.9 Å². The van der Waals surface area contributed by atoms with E-state index in [9.17, 15) is 14.0 Å². The van der Waals surface area contributed by atoms with Crippen molar-refractivity contribution in [1.82, 2.24) is 9.78 Å². The van der Waals surface area contributed by atoms with Gasteiger partial charge in [0.05, 0.1) is 12.2 Å². The van der Waals surface area contributed by atoms with E-state index in [0.717, 1.165) is 5.56 Å². The molecule has 1 N–H and O–H groups in total. The Bertz CT molecular complexity index is 974. The third-order valence-electron chi connectivity index (χ3n) is 3.45. The summed E-state index contributed by atoms with van der Waals surface area (Å²) in [5.41, 5.74) is 0.623. The molecule has 3 aromatic rings. The lowest BCUT2D eigenvalue weighted by Gasteiger charge is -2.09. The van der Waals surface area contributed by atoms with Crippen molar-refractivity contribution in [3.8, 4) is 0 Å². The molecule has 0 atom stereocenters. The van der Waals surface area contributed by atoms with Crippen LogP contribution in [0.4, 0.5) is 10.1 Å². The number of halogens is 2. The number of aromatic nitrogens is 2. The molecule has 0 spiro atoms. The maximum absolute atomic E-state index is 13.8. The van der Waals surface area contributed by atoms with Gasteiger partial charge in [0, 0.05) is 10.5 Å². The van der Waals surface area contributed by atoms with Gasteiger partial charge in [-0.05, 0) is 29.8 Å². The highest BCUT2D eigenvalue weighted by Crippen LogP contribution is 2.19. The second-order valence-electron chi connectivity index (χ2n) is 5.28. The summed E-state index contributed by atoms with van der Waals surface area (Å²) in [6.07, 6.45) is 0. The van der Waals surface area contributed by atoms with Gasteiger partial charge in [0.1, 0.15) is 11.5 Å². The SMILES string of the molecule is O=C(Nc1ccc(Br)cc1F)c1ccc(=O)n(Cc2ccccc2)n1. The van der Waals surface area contributed by atoms with E-state index in [1.807, 2.05) is 30.3 Å². The van der Waals surface area contributed by atoms with Gasteiger partial charge in [-0.1, -0.05) is 46.3 Å². The van der Waals surface area contributed by atoms with Crippen LogP contribution in [-0.4, -0.2) is 15.7 Å². The molecule has 0 aliphatic heterocycles. The zero-order valence-corrected chi connectivity index (χ0v) is 14.5. The molecule has 0 radical (unpaired) electrons. The number of benzene rings is 2. The van der Waals surface area contributed by atoms with Gasteiger partial charge in [-0.2, -0.15) is 5.10 Å². The van der Waals surface area contributed by atoms with Crippen molar-refractivity contribution in [2.75, 3.05) is 5.32 Å². The number of carbonyl (C=O) groups is 1. The fraction of sp³-hybridized carbons (Fsp3) is 0.0556. The number of nitrogens with one attached hydrogen (secondary N) is 1. The van der Waals surface area contributed by atoms with E-state index < -0.39 is 11.7 Å². The highest BCUT2D eigenvalue weighted by Gasteiger charge is 2.13. The predicted octanol–water partition coefficient (Wildman–Crippen LogP) is 3.45. The summed E-state index contributed by atoms with van der Waals surface area (Å²) in [5.74, 6) is -1.16. The van der Waals surface area contributed by atoms with Crippen molar-refractivity contribution in [2.24, 2.45) is 0 Å². The van der Waals surface area contributed by atoms with E-state index in [2.05, 4.69) is 26.3 Å². The van der Waals surface area contributed by atoms with Gasteiger partial charge in [0.2, 0.25) is 0 Å². The Morgan fingerprint density at radius 1 is 1.12 bits per heavy atom. The van der Waals surface area contributed by atoms with Crippen LogP contribution in [0.25, 0.3) is 0 Å². The average molecular weight is 402 g/mol. The lowest BCUT2D eigenvalue weighted by molar-refractivity contribution is 0.101. The average Bonchev–Trinajstić information content (AvgIpc) is 2.60. The highest BCUT2D eigenvalue weighted by atomic mass is 79.9. The standard InChI is InChI=1S/C18H13BrFN3O2/c19-13-6-7-15(14(20)10-13)21-18(25)16-8-9-17(24)23(22-16)11-12-4-2-1-3-5-12/h1-10H,11H2,(H,21,25). The first-order valence-corrected chi connectivity index (χ1v) is 8.21. The number of amides is 1. The molecule has 0 bridgehead atoms. The number of carbonyl (C=O) groups excluding carboxylic acids is 1. The highest BCUT2D eigenvalue weighted by molar-refractivity contribution is 9.10. The van der Waals surface area contributed by atoms with Crippen molar-refractivity contribution in [3.63, 3.8) is 0 Å². The van der Waals surface area contributed by atoms with Crippen molar-refractivity contribution >= 4 is 27.5 Å². The van der Waals surface area contributed by atoms with Crippen molar-refractivity contribution in [2.45, 2.75) is 6.54 Å². The summed E-state index contributed by atoms with van der Waals surface area (Å²) in [5, 5.41) is 6.52. The van der Waals surface area contributed by atoms with Crippen LogP contribution in [0, 0.1) is 5.82 Å². The topological polar surface area (TPSA) is 64.0 Å². The van der Waals surface area contributed by atoms with Crippen molar-refractivity contribution in [1.29, 1.82) is 0 Å². The smallest absolute Gasteiger partial charge is 0.276 e. The van der Waals surface area contributed by atoms with E-state index in [-0.39, 0.29) is 23.5 Å². The Morgan fingerprint density at radius 2 is 1.88 bits per heavy atom. The van der Waals surface area contributed by atoms with Crippen molar-refractivity contribution < 1.29 is 9.18 Å². The Hall–Kier alpha value is -2.80. The van der Waals surface area contributed by atoms with Gasteiger partial charge in [0.15, 0.2) is 0 Å². The Kier molecular flexibility index (Phi) is 5.04. The zero-order chi connectivity index (χ0) is 17.8. The minimum absolute atomic E-state index is 0.0258. The molecule has 0 unspecified atom stereocenters. The fourth-order valence-electron chi connectivity index (χ4n) is 2.22. The summed E-state index contributed by atoms with van der Waals surface area (Å²) in [6.45, 7) is 0.243. The van der Waals surface area contributed by atoms with Gasteiger partial charge in [0.25, 0.3) is 11.5 Å². The normalized spacial score (nSPS) is 10.5. The molecular formula is C18H13BrFN3O2. The first-order valence-electron chi connectivity index (χ1n) is 7.41. The van der Waals surface area contributed by atoms with Gasteiger partial charge in [-0.3, -0.25) is 9.59 Å². The third-order valence-corrected chi connectivity index (χ3v) is 3.95. The van der Waals surface area contributed by atoms with Crippen LogP contribution in [0.3, 0.4) is 0 Å². The van der Waals surface area contributed by atoms with E-state index >= 15 is 0 Å². The molecule has 3 rings (SSSR count). The van der Waals surface area contributed by atoms with Crippen LogP contribution in [0.2, 0.25) is 0 Å². The van der Waals surface area contributed by atoms with Gasteiger partial charge in [-0.25, -0.2) is 9.07 Å². The zero-order valence-electron chi connectivity index (χ0n) is 12.9. The maximum atomic E-state index is 13.8. The quantitative estimate of drug-likeness (QED) is 0.727. The van der Waals surface area contributed by atoms with Crippen LogP contribution < -0.4 is 10.9 Å². The third kappa shape index (κ3) is 4.19. The van der Waals surface area contributed by atoms with Crippen molar-refractivity contribution in [3.05, 3.63) is 92.6 Å². The largest absolute Gasteiger partial charge is 0.318 e. The van der Waals surface area contributed by atoms with Crippen LogP contribution in [0.1, 0.15) is 16.1 Å². The molecule has 2 aromatic carbocycles. The summed E-state index contributed by atoms with van der Waals surface area (Å²) >= 11 is 3.15. The molecule has 0 saturated carbocycles. The lowest BCUT2D eigenvalue weighted by atomic mass is 10.2. The second-order valence-corrected chi connectivity index (χ2v) is 6.19. The van der Waals surface area contributed by atoms with E-state index in [4.69, 9.17) is 0 Å². The molecule has 25 heavy (non-hydrogen) atoms. The number of nitrogens with zero attached hydrogens (tertiary/aromatic N) is 2.